The highest BCUT2D eigenvalue weighted by Gasteiger charge is 2.45. The van der Waals surface area contributed by atoms with Gasteiger partial charge in [-0.2, -0.15) is 0 Å². The van der Waals surface area contributed by atoms with Crippen molar-refractivity contribution in [2.24, 2.45) is 23.7 Å². The molecule has 0 bridgehead atoms. The normalized spacial score (nSPS) is 21.2. The molecule has 2 aliphatic heterocycles. The van der Waals surface area contributed by atoms with Crippen LogP contribution in [0.4, 0.5) is 0 Å². The Morgan fingerprint density at radius 3 is 1.28 bits per heavy atom. The van der Waals surface area contributed by atoms with Gasteiger partial charge in [-0.3, -0.25) is 20.2 Å². The summed E-state index contributed by atoms with van der Waals surface area (Å²) in [7, 11) is 0. The van der Waals surface area contributed by atoms with Crippen LogP contribution in [0.15, 0.2) is 0 Å². The van der Waals surface area contributed by atoms with Crippen LogP contribution in [0.2, 0.25) is 0 Å². The van der Waals surface area contributed by atoms with E-state index in [9.17, 15) is 9.59 Å². The van der Waals surface area contributed by atoms with Gasteiger partial charge in [0.05, 0.1) is 13.2 Å². The van der Waals surface area contributed by atoms with E-state index in [1.165, 1.54) is 0 Å². The fourth-order valence-electron chi connectivity index (χ4n) is 5.70. The molecule has 210 valence electrons. The van der Waals surface area contributed by atoms with E-state index in [0.29, 0.717) is 38.9 Å². The summed E-state index contributed by atoms with van der Waals surface area (Å²) in [6.07, 6.45) is 2.82. The standard InChI is InChI=1S/C28H52N2O6/c1-19(2)27(20(3)4,17-23-29-13-15-33-23)35-25(31)11-9-10-12-26(32)36-28(21(5)6,22(7)8)18-24-30-14-16-34-24/h19-24,29-30H,9-18H2,1-8H3. The van der Waals surface area contributed by atoms with Gasteiger partial charge in [0.2, 0.25) is 0 Å². The molecule has 2 rings (SSSR count). The number of unbranched alkanes of at least 4 members (excludes halogenated alkanes) is 1. The Morgan fingerprint density at radius 2 is 1.03 bits per heavy atom. The lowest BCUT2D eigenvalue weighted by molar-refractivity contribution is -0.180. The molecule has 2 heterocycles. The summed E-state index contributed by atoms with van der Waals surface area (Å²) in [4.78, 5) is 25.7. The van der Waals surface area contributed by atoms with Crippen molar-refractivity contribution in [3.05, 3.63) is 0 Å². The third-order valence-electron chi connectivity index (χ3n) is 8.12. The van der Waals surface area contributed by atoms with Gasteiger partial charge in [-0.25, -0.2) is 0 Å². The van der Waals surface area contributed by atoms with E-state index in [-0.39, 0.29) is 60.9 Å². The third-order valence-corrected chi connectivity index (χ3v) is 8.12. The Morgan fingerprint density at radius 1 is 0.694 bits per heavy atom. The van der Waals surface area contributed by atoms with Gasteiger partial charge >= 0.3 is 11.9 Å². The molecule has 2 fully saturated rings. The van der Waals surface area contributed by atoms with Crippen molar-refractivity contribution < 1.29 is 28.5 Å². The van der Waals surface area contributed by atoms with Gasteiger partial charge in [0.1, 0.15) is 23.7 Å². The molecule has 0 aromatic rings. The molecule has 2 unspecified atom stereocenters. The maximum atomic E-state index is 12.9. The monoisotopic (exact) mass is 512 g/mol. The average Bonchev–Trinajstić information content (AvgIpc) is 3.49. The van der Waals surface area contributed by atoms with Gasteiger partial charge in [0.25, 0.3) is 0 Å². The summed E-state index contributed by atoms with van der Waals surface area (Å²) < 4.78 is 23.8. The Bertz CT molecular complexity index is 608. The molecule has 2 aliphatic rings. The van der Waals surface area contributed by atoms with Gasteiger partial charge in [-0.15, -0.1) is 0 Å². The van der Waals surface area contributed by atoms with Gasteiger partial charge in [0, 0.05) is 38.8 Å². The molecule has 36 heavy (non-hydrogen) atoms. The molecule has 2 N–H and O–H groups in total. The van der Waals surface area contributed by atoms with Gasteiger partial charge in [-0.05, 0) is 36.5 Å². The lowest BCUT2D eigenvalue weighted by Crippen LogP contribution is -2.49. The van der Waals surface area contributed by atoms with E-state index in [1.54, 1.807) is 0 Å². The van der Waals surface area contributed by atoms with Gasteiger partial charge < -0.3 is 18.9 Å². The van der Waals surface area contributed by atoms with E-state index in [2.05, 4.69) is 66.0 Å². The third kappa shape index (κ3) is 8.14. The fraction of sp³-hybridized carbons (Fsp3) is 0.929. The van der Waals surface area contributed by atoms with Crippen LogP contribution in [0.25, 0.3) is 0 Å². The Labute approximate surface area is 218 Å². The summed E-state index contributed by atoms with van der Waals surface area (Å²) in [5.41, 5.74) is -1.19. The van der Waals surface area contributed by atoms with E-state index in [1.807, 2.05) is 0 Å². The number of esters is 2. The summed E-state index contributed by atoms with van der Waals surface area (Å²) >= 11 is 0. The zero-order chi connectivity index (χ0) is 26.9. The number of carbonyl (C=O) groups is 2. The van der Waals surface area contributed by atoms with Crippen molar-refractivity contribution in [3.63, 3.8) is 0 Å². The largest absolute Gasteiger partial charge is 0.458 e. The molecule has 0 radical (unpaired) electrons. The first kappa shape index (κ1) is 31.0. The van der Waals surface area contributed by atoms with Crippen molar-refractivity contribution in [1.82, 2.24) is 10.6 Å². The van der Waals surface area contributed by atoms with Crippen LogP contribution in [-0.2, 0) is 28.5 Å². The van der Waals surface area contributed by atoms with Gasteiger partial charge in [0.15, 0.2) is 0 Å². The van der Waals surface area contributed by atoms with Crippen LogP contribution in [0.1, 0.15) is 93.9 Å². The van der Waals surface area contributed by atoms with Crippen LogP contribution in [0.3, 0.4) is 0 Å². The summed E-state index contributed by atoms with van der Waals surface area (Å²) in [5.74, 6) is 0.183. The van der Waals surface area contributed by atoms with Crippen LogP contribution < -0.4 is 10.6 Å². The van der Waals surface area contributed by atoms with E-state index in [0.717, 1.165) is 13.1 Å². The minimum Gasteiger partial charge on any atom is -0.458 e. The van der Waals surface area contributed by atoms with E-state index in [4.69, 9.17) is 18.9 Å². The first-order valence-corrected chi connectivity index (χ1v) is 14.1. The number of rotatable bonds is 15. The van der Waals surface area contributed by atoms with Crippen LogP contribution in [-0.4, -0.2) is 61.9 Å². The van der Waals surface area contributed by atoms with Crippen molar-refractivity contribution in [2.45, 2.75) is 118 Å². The summed E-state index contributed by atoms with van der Waals surface area (Å²) in [6, 6.07) is 0. The predicted octanol–water partition coefficient (Wildman–Crippen LogP) is 4.41. The number of nitrogens with one attached hydrogen (secondary N) is 2. The Hall–Kier alpha value is -1.22. The minimum absolute atomic E-state index is 0.0932. The second-order valence-corrected chi connectivity index (χ2v) is 11.7. The highest BCUT2D eigenvalue weighted by atomic mass is 16.6. The Balaban J connectivity index is 1.87. The highest BCUT2D eigenvalue weighted by Crippen LogP contribution is 2.38. The number of ether oxygens (including phenoxy) is 4. The number of carbonyl (C=O) groups excluding carboxylic acids is 2. The first-order chi connectivity index (χ1) is 16.9. The lowest BCUT2D eigenvalue weighted by Gasteiger charge is -2.42. The van der Waals surface area contributed by atoms with Crippen LogP contribution in [0, 0.1) is 23.7 Å². The van der Waals surface area contributed by atoms with Crippen molar-refractivity contribution in [1.29, 1.82) is 0 Å². The Kier molecular flexibility index (Phi) is 12.1. The van der Waals surface area contributed by atoms with E-state index >= 15 is 0 Å². The first-order valence-electron chi connectivity index (χ1n) is 14.1. The van der Waals surface area contributed by atoms with Crippen molar-refractivity contribution in [2.75, 3.05) is 26.3 Å². The molecule has 0 amide bonds. The van der Waals surface area contributed by atoms with Crippen molar-refractivity contribution in [3.8, 4) is 0 Å². The molecular formula is C28H52N2O6. The van der Waals surface area contributed by atoms with Gasteiger partial charge in [-0.1, -0.05) is 55.4 Å². The fourth-order valence-corrected chi connectivity index (χ4v) is 5.70. The van der Waals surface area contributed by atoms with Crippen LogP contribution >= 0.6 is 0 Å². The zero-order valence-corrected chi connectivity index (χ0v) is 24.0. The minimum atomic E-state index is -0.595. The predicted molar refractivity (Wildman–Crippen MR) is 140 cm³/mol. The van der Waals surface area contributed by atoms with Crippen LogP contribution in [0.5, 0.6) is 0 Å². The summed E-state index contributed by atoms with van der Waals surface area (Å²) in [5, 5.41) is 6.68. The second kappa shape index (κ2) is 14.1. The molecule has 8 heteroatoms. The number of hydrogen-bond acceptors (Lipinski definition) is 8. The summed E-state index contributed by atoms with van der Waals surface area (Å²) in [6.45, 7) is 19.8. The smallest absolute Gasteiger partial charge is 0.306 e. The highest BCUT2D eigenvalue weighted by molar-refractivity contribution is 5.71. The quantitative estimate of drug-likeness (QED) is 0.246. The molecule has 0 aromatic heterocycles. The maximum absolute atomic E-state index is 12.9. The lowest BCUT2D eigenvalue weighted by atomic mass is 9.77. The SMILES string of the molecule is CC(C)C(CC1NCCO1)(OC(=O)CCCCC(=O)OC(CC1NCCO1)(C(C)C)C(C)C)C(C)C. The second-order valence-electron chi connectivity index (χ2n) is 11.7. The molecule has 0 aromatic carbocycles. The molecule has 0 aliphatic carbocycles. The van der Waals surface area contributed by atoms with Crippen molar-refractivity contribution >= 4 is 11.9 Å². The molecule has 0 spiro atoms. The average molecular weight is 513 g/mol. The molecule has 2 saturated heterocycles. The maximum Gasteiger partial charge on any atom is 0.306 e. The molecule has 0 saturated carbocycles. The molecule has 8 nitrogen and oxygen atoms in total. The molecule has 2 atom stereocenters. The molecular weight excluding hydrogens is 460 g/mol. The zero-order valence-electron chi connectivity index (χ0n) is 24.0. The topological polar surface area (TPSA) is 95.1 Å². The number of hydrogen-bond donors (Lipinski definition) is 2. The van der Waals surface area contributed by atoms with E-state index < -0.39 is 11.2 Å².